The fourth-order valence-electron chi connectivity index (χ4n) is 1.17. The minimum absolute atomic E-state index is 0.0660. The molecule has 12 heavy (non-hydrogen) atoms. The van der Waals surface area contributed by atoms with Gasteiger partial charge in [0.2, 0.25) is 0 Å². The van der Waals surface area contributed by atoms with E-state index in [4.69, 9.17) is 10.2 Å². The van der Waals surface area contributed by atoms with Gasteiger partial charge in [-0.25, -0.2) is 0 Å². The summed E-state index contributed by atoms with van der Waals surface area (Å²) in [5, 5.41) is 17.6. The van der Waals surface area contributed by atoms with Crippen LogP contribution >= 0.6 is 0 Å². The van der Waals surface area contributed by atoms with Gasteiger partial charge in [-0.3, -0.25) is 4.79 Å². The van der Waals surface area contributed by atoms with Gasteiger partial charge in [-0.1, -0.05) is 20.8 Å². The standard InChI is InChI=1S/C9H18O3/c1-6(2)8(9(11)12)4-7(3)5-10/h6-8,10H,4-5H2,1-3H3,(H,11,12). The summed E-state index contributed by atoms with van der Waals surface area (Å²) in [4.78, 5) is 10.7. The first-order valence-electron chi connectivity index (χ1n) is 4.32. The zero-order chi connectivity index (χ0) is 9.72. The molecular formula is C9H18O3. The van der Waals surface area contributed by atoms with Crippen molar-refractivity contribution < 1.29 is 15.0 Å². The Morgan fingerprint density at radius 3 is 2.08 bits per heavy atom. The van der Waals surface area contributed by atoms with Gasteiger partial charge in [-0.2, -0.15) is 0 Å². The van der Waals surface area contributed by atoms with Gasteiger partial charge in [0, 0.05) is 6.61 Å². The lowest BCUT2D eigenvalue weighted by atomic mass is 9.87. The van der Waals surface area contributed by atoms with Gasteiger partial charge < -0.3 is 10.2 Å². The molecule has 2 unspecified atom stereocenters. The fourth-order valence-corrected chi connectivity index (χ4v) is 1.17. The second-order valence-electron chi connectivity index (χ2n) is 3.71. The highest BCUT2D eigenvalue weighted by atomic mass is 16.4. The summed E-state index contributed by atoms with van der Waals surface area (Å²) in [5.74, 6) is -0.873. The van der Waals surface area contributed by atoms with Crippen molar-refractivity contribution in [2.45, 2.75) is 27.2 Å². The van der Waals surface area contributed by atoms with E-state index in [2.05, 4.69) is 0 Å². The average molecular weight is 174 g/mol. The van der Waals surface area contributed by atoms with E-state index in [0.717, 1.165) is 0 Å². The molecule has 0 radical (unpaired) electrons. The van der Waals surface area contributed by atoms with E-state index < -0.39 is 5.97 Å². The van der Waals surface area contributed by atoms with Gasteiger partial charge in [0.1, 0.15) is 0 Å². The van der Waals surface area contributed by atoms with E-state index >= 15 is 0 Å². The summed E-state index contributed by atoms with van der Waals surface area (Å²) in [7, 11) is 0. The van der Waals surface area contributed by atoms with Crippen LogP contribution in [0.15, 0.2) is 0 Å². The summed E-state index contributed by atoms with van der Waals surface area (Å²) in [5.41, 5.74) is 0. The van der Waals surface area contributed by atoms with Crippen molar-refractivity contribution in [3.8, 4) is 0 Å². The number of carbonyl (C=O) groups is 1. The molecule has 0 aromatic heterocycles. The first-order chi connectivity index (χ1) is 5.49. The Hall–Kier alpha value is -0.570. The van der Waals surface area contributed by atoms with Gasteiger partial charge in [0.15, 0.2) is 0 Å². The number of hydrogen-bond acceptors (Lipinski definition) is 2. The van der Waals surface area contributed by atoms with Gasteiger partial charge in [-0.05, 0) is 18.3 Å². The summed E-state index contributed by atoms with van der Waals surface area (Å²) in [6.07, 6.45) is 0.559. The Balaban J connectivity index is 4.05. The minimum atomic E-state index is -0.759. The fraction of sp³-hybridized carbons (Fsp3) is 0.889. The number of carboxylic acid groups (broad SMARTS) is 1. The number of aliphatic hydroxyl groups excluding tert-OH is 1. The molecule has 0 rings (SSSR count). The molecule has 0 heterocycles. The molecule has 3 nitrogen and oxygen atoms in total. The SMILES string of the molecule is CC(CO)CC(C(=O)O)C(C)C. The molecule has 2 atom stereocenters. The van der Waals surface area contributed by atoms with Gasteiger partial charge in [-0.15, -0.1) is 0 Å². The molecule has 0 fully saturated rings. The maximum Gasteiger partial charge on any atom is 0.306 e. The van der Waals surface area contributed by atoms with Crippen molar-refractivity contribution in [3.63, 3.8) is 0 Å². The summed E-state index contributed by atoms with van der Waals surface area (Å²) in [6.45, 7) is 5.71. The zero-order valence-corrected chi connectivity index (χ0v) is 7.95. The molecular weight excluding hydrogens is 156 g/mol. The molecule has 0 saturated heterocycles. The van der Waals surface area contributed by atoms with Crippen molar-refractivity contribution in [1.29, 1.82) is 0 Å². The number of aliphatic hydroxyl groups is 1. The topological polar surface area (TPSA) is 57.5 Å². The van der Waals surface area contributed by atoms with Crippen LogP contribution in [0.3, 0.4) is 0 Å². The monoisotopic (exact) mass is 174 g/mol. The van der Waals surface area contributed by atoms with E-state index in [1.165, 1.54) is 0 Å². The van der Waals surface area contributed by atoms with Crippen LogP contribution in [0.25, 0.3) is 0 Å². The quantitative estimate of drug-likeness (QED) is 0.661. The van der Waals surface area contributed by atoms with E-state index in [9.17, 15) is 4.79 Å². The van der Waals surface area contributed by atoms with Gasteiger partial charge in [0.05, 0.1) is 5.92 Å². The highest BCUT2D eigenvalue weighted by molar-refractivity contribution is 5.70. The molecule has 0 aliphatic carbocycles. The normalized spacial score (nSPS) is 16.1. The molecule has 72 valence electrons. The molecule has 0 aromatic carbocycles. The summed E-state index contributed by atoms with van der Waals surface area (Å²) >= 11 is 0. The van der Waals surface area contributed by atoms with Crippen molar-refractivity contribution in [3.05, 3.63) is 0 Å². The van der Waals surface area contributed by atoms with Crippen LogP contribution in [-0.4, -0.2) is 22.8 Å². The molecule has 3 heteroatoms. The molecule has 2 N–H and O–H groups in total. The third-order valence-electron chi connectivity index (χ3n) is 2.09. The molecule has 0 aromatic rings. The van der Waals surface area contributed by atoms with Crippen LogP contribution in [0, 0.1) is 17.8 Å². The van der Waals surface area contributed by atoms with Crippen LogP contribution in [0.2, 0.25) is 0 Å². The molecule has 0 aliphatic rings. The molecule has 0 saturated carbocycles. The minimum Gasteiger partial charge on any atom is -0.481 e. The third kappa shape index (κ3) is 3.72. The zero-order valence-electron chi connectivity index (χ0n) is 7.95. The number of aliphatic carboxylic acids is 1. The first-order valence-corrected chi connectivity index (χ1v) is 4.32. The Kier molecular flexibility index (Phi) is 4.90. The third-order valence-corrected chi connectivity index (χ3v) is 2.09. The molecule has 0 bridgehead atoms. The lowest BCUT2D eigenvalue weighted by Crippen LogP contribution is -2.23. The number of hydrogen-bond donors (Lipinski definition) is 2. The Morgan fingerprint density at radius 1 is 1.33 bits per heavy atom. The van der Waals surface area contributed by atoms with Gasteiger partial charge >= 0.3 is 5.97 Å². The van der Waals surface area contributed by atoms with Gasteiger partial charge in [0.25, 0.3) is 0 Å². The Bertz CT molecular complexity index is 143. The predicted molar refractivity (Wildman–Crippen MR) is 46.8 cm³/mol. The molecule has 0 amide bonds. The average Bonchev–Trinajstić information content (AvgIpc) is 1.98. The maximum absolute atomic E-state index is 10.7. The van der Waals surface area contributed by atoms with Crippen LogP contribution < -0.4 is 0 Å². The highest BCUT2D eigenvalue weighted by Crippen LogP contribution is 2.20. The van der Waals surface area contributed by atoms with Crippen molar-refractivity contribution in [2.24, 2.45) is 17.8 Å². The maximum atomic E-state index is 10.7. The van der Waals surface area contributed by atoms with Crippen molar-refractivity contribution in [1.82, 2.24) is 0 Å². The second kappa shape index (κ2) is 5.14. The number of carboxylic acids is 1. The van der Waals surface area contributed by atoms with Crippen LogP contribution in [0.5, 0.6) is 0 Å². The van der Waals surface area contributed by atoms with Crippen molar-refractivity contribution >= 4 is 5.97 Å². The number of rotatable bonds is 5. The van der Waals surface area contributed by atoms with Crippen molar-refractivity contribution in [2.75, 3.05) is 6.61 Å². The Morgan fingerprint density at radius 2 is 1.83 bits per heavy atom. The predicted octanol–water partition coefficient (Wildman–Crippen LogP) is 1.36. The second-order valence-corrected chi connectivity index (χ2v) is 3.71. The molecule has 0 spiro atoms. The first kappa shape index (κ1) is 11.4. The smallest absolute Gasteiger partial charge is 0.306 e. The Labute approximate surface area is 73.4 Å². The highest BCUT2D eigenvalue weighted by Gasteiger charge is 2.23. The molecule has 0 aliphatic heterocycles. The van der Waals surface area contributed by atoms with Crippen LogP contribution in [-0.2, 0) is 4.79 Å². The summed E-state index contributed by atoms with van der Waals surface area (Å²) < 4.78 is 0. The van der Waals surface area contributed by atoms with E-state index in [0.29, 0.717) is 6.42 Å². The lowest BCUT2D eigenvalue weighted by Gasteiger charge is -2.18. The largest absolute Gasteiger partial charge is 0.481 e. The van der Waals surface area contributed by atoms with E-state index in [1.54, 1.807) is 0 Å². The van der Waals surface area contributed by atoms with Crippen LogP contribution in [0.4, 0.5) is 0 Å². The van der Waals surface area contributed by atoms with Crippen LogP contribution in [0.1, 0.15) is 27.2 Å². The summed E-state index contributed by atoms with van der Waals surface area (Å²) in [6, 6.07) is 0. The van der Waals surface area contributed by atoms with E-state index in [-0.39, 0.29) is 24.4 Å². The lowest BCUT2D eigenvalue weighted by molar-refractivity contribution is -0.144. The van der Waals surface area contributed by atoms with E-state index in [1.807, 2.05) is 20.8 Å².